The summed E-state index contributed by atoms with van der Waals surface area (Å²) in [6.45, 7) is 10.2. The average molecular weight is 237 g/mol. The highest BCUT2D eigenvalue weighted by Gasteiger charge is 2.07. The fourth-order valence-corrected chi connectivity index (χ4v) is 1.46. The standard InChI is InChI=1S/C14H23NO2/c1-5-6-7-16-10-13-8-12(4)14(17-13)9-15-11(2)3/h5-6,8,11,15H,7,9-10H2,1-4H3. The molecule has 17 heavy (non-hydrogen) atoms. The van der Waals surface area contributed by atoms with Gasteiger partial charge in [-0.3, -0.25) is 0 Å². The second kappa shape index (κ2) is 7.30. The zero-order valence-electron chi connectivity index (χ0n) is 11.2. The molecule has 1 rings (SSSR count). The molecule has 1 N–H and O–H groups in total. The van der Waals surface area contributed by atoms with Gasteiger partial charge in [-0.25, -0.2) is 0 Å². The van der Waals surface area contributed by atoms with E-state index < -0.39 is 0 Å². The van der Waals surface area contributed by atoms with Gasteiger partial charge in [0.05, 0.1) is 13.2 Å². The first-order valence-electron chi connectivity index (χ1n) is 6.14. The Balaban J connectivity index is 2.44. The van der Waals surface area contributed by atoms with Crippen molar-refractivity contribution in [3.63, 3.8) is 0 Å². The van der Waals surface area contributed by atoms with E-state index in [2.05, 4.69) is 26.1 Å². The van der Waals surface area contributed by atoms with Gasteiger partial charge in [0.2, 0.25) is 0 Å². The first-order chi connectivity index (χ1) is 8.13. The average Bonchev–Trinajstić information content (AvgIpc) is 2.63. The van der Waals surface area contributed by atoms with Crippen molar-refractivity contribution in [2.75, 3.05) is 6.61 Å². The van der Waals surface area contributed by atoms with Gasteiger partial charge >= 0.3 is 0 Å². The van der Waals surface area contributed by atoms with E-state index in [4.69, 9.17) is 9.15 Å². The number of hydrogen-bond donors (Lipinski definition) is 1. The number of allylic oxidation sites excluding steroid dienone is 1. The van der Waals surface area contributed by atoms with Crippen LogP contribution < -0.4 is 5.32 Å². The lowest BCUT2D eigenvalue weighted by Gasteiger charge is -2.06. The summed E-state index contributed by atoms with van der Waals surface area (Å²) in [5.74, 6) is 1.90. The molecule has 0 aromatic carbocycles. The summed E-state index contributed by atoms with van der Waals surface area (Å²) in [6, 6.07) is 2.52. The molecule has 0 spiro atoms. The van der Waals surface area contributed by atoms with E-state index in [1.165, 1.54) is 5.56 Å². The maximum Gasteiger partial charge on any atom is 0.130 e. The molecule has 1 heterocycles. The number of rotatable bonds is 7. The largest absolute Gasteiger partial charge is 0.462 e. The van der Waals surface area contributed by atoms with Crippen molar-refractivity contribution in [3.05, 3.63) is 35.3 Å². The van der Waals surface area contributed by atoms with Crippen molar-refractivity contribution >= 4 is 0 Å². The van der Waals surface area contributed by atoms with Crippen LogP contribution in [0.25, 0.3) is 0 Å². The molecule has 3 heteroatoms. The van der Waals surface area contributed by atoms with Crippen molar-refractivity contribution in [2.45, 2.75) is 46.9 Å². The zero-order valence-corrected chi connectivity index (χ0v) is 11.2. The summed E-state index contributed by atoms with van der Waals surface area (Å²) in [5, 5.41) is 3.35. The Bertz CT molecular complexity index is 353. The molecule has 0 amide bonds. The van der Waals surface area contributed by atoms with E-state index >= 15 is 0 Å². The van der Waals surface area contributed by atoms with Crippen LogP contribution in [0.3, 0.4) is 0 Å². The number of hydrogen-bond acceptors (Lipinski definition) is 3. The van der Waals surface area contributed by atoms with Crippen LogP contribution in [0.2, 0.25) is 0 Å². The van der Waals surface area contributed by atoms with Gasteiger partial charge in [0.15, 0.2) is 0 Å². The molecule has 0 saturated heterocycles. The van der Waals surface area contributed by atoms with Gasteiger partial charge in [0.1, 0.15) is 18.1 Å². The van der Waals surface area contributed by atoms with Crippen molar-refractivity contribution in [3.8, 4) is 0 Å². The third kappa shape index (κ3) is 5.20. The molecule has 0 bridgehead atoms. The molecule has 3 nitrogen and oxygen atoms in total. The molecule has 0 unspecified atom stereocenters. The number of furan rings is 1. The van der Waals surface area contributed by atoms with Crippen molar-refractivity contribution in [1.29, 1.82) is 0 Å². The van der Waals surface area contributed by atoms with E-state index in [1.807, 2.05) is 25.1 Å². The number of aryl methyl sites for hydroxylation is 1. The Morgan fingerprint density at radius 1 is 1.47 bits per heavy atom. The van der Waals surface area contributed by atoms with Crippen LogP contribution in [0, 0.1) is 6.92 Å². The second-order valence-corrected chi connectivity index (χ2v) is 4.44. The monoisotopic (exact) mass is 237 g/mol. The summed E-state index contributed by atoms with van der Waals surface area (Å²) in [5.41, 5.74) is 1.18. The quantitative estimate of drug-likeness (QED) is 0.584. The lowest BCUT2D eigenvalue weighted by molar-refractivity contribution is 0.130. The van der Waals surface area contributed by atoms with Crippen LogP contribution >= 0.6 is 0 Å². The van der Waals surface area contributed by atoms with E-state index in [0.717, 1.165) is 18.1 Å². The maximum atomic E-state index is 5.73. The minimum atomic E-state index is 0.467. The topological polar surface area (TPSA) is 34.4 Å². The highest BCUT2D eigenvalue weighted by Crippen LogP contribution is 2.15. The Morgan fingerprint density at radius 2 is 2.24 bits per heavy atom. The van der Waals surface area contributed by atoms with Crippen LogP contribution in [-0.2, 0) is 17.9 Å². The summed E-state index contributed by atoms with van der Waals surface area (Å²) >= 11 is 0. The predicted octanol–water partition coefficient (Wildman–Crippen LogP) is 3.18. The van der Waals surface area contributed by atoms with Crippen LogP contribution in [0.4, 0.5) is 0 Å². The molecule has 0 atom stereocenters. The maximum absolute atomic E-state index is 5.73. The minimum Gasteiger partial charge on any atom is -0.462 e. The van der Waals surface area contributed by atoms with Crippen LogP contribution in [0.15, 0.2) is 22.6 Å². The molecule has 0 saturated carbocycles. The molecule has 0 radical (unpaired) electrons. The van der Waals surface area contributed by atoms with Crippen LogP contribution in [0.1, 0.15) is 37.9 Å². The second-order valence-electron chi connectivity index (χ2n) is 4.44. The van der Waals surface area contributed by atoms with Gasteiger partial charge in [-0.1, -0.05) is 26.0 Å². The van der Waals surface area contributed by atoms with Gasteiger partial charge in [-0.2, -0.15) is 0 Å². The van der Waals surface area contributed by atoms with Gasteiger partial charge in [0.25, 0.3) is 0 Å². The third-order valence-corrected chi connectivity index (χ3v) is 2.44. The molecule has 0 fully saturated rings. The Kier molecular flexibility index (Phi) is 6.01. The first-order valence-corrected chi connectivity index (χ1v) is 6.14. The molecule has 0 aliphatic carbocycles. The molecule has 96 valence electrons. The van der Waals surface area contributed by atoms with Crippen LogP contribution in [0.5, 0.6) is 0 Å². The summed E-state index contributed by atoms with van der Waals surface area (Å²) < 4.78 is 11.2. The first kappa shape index (κ1) is 14.0. The van der Waals surface area contributed by atoms with E-state index in [0.29, 0.717) is 19.3 Å². The number of ether oxygens (including phenoxy) is 1. The van der Waals surface area contributed by atoms with Crippen LogP contribution in [-0.4, -0.2) is 12.6 Å². The Hall–Kier alpha value is -1.06. The zero-order chi connectivity index (χ0) is 12.7. The molecule has 0 aliphatic heterocycles. The molecular weight excluding hydrogens is 214 g/mol. The Morgan fingerprint density at radius 3 is 2.88 bits per heavy atom. The van der Waals surface area contributed by atoms with Crippen molar-refractivity contribution in [2.24, 2.45) is 0 Å². The summed E-state index contributed by atoms with van der Waals surface area (Å²) in [7, 11) is 0. The predicted molar refractivity (Wildman–Crippen MR) is 69.9 cm³/mol. The van der Waals surface area contributed by atoms with E-state index in [1.54, 1.807) is 0 Å². The van der Waals surface area contributed by atoms with Gasteiger partial charge in [-0.05, 0) is 25.5 Å². The fraction of sp³-hybridized carbons (Fsp3) is 0.571. The van der Waals surface area contributed by atoms with E-state index in [9.17, 15) is 0 Å². The minimum absolute atomic E-state index is 0.467. The Labute approximate surface area is 104 Å². The van der Waals surface area contributed by atoms with Gasteiger partial charge in [0, 0.05) is 6.04 Å². The number of nitrogens with one attached hydrogen (secondary N) is 1. The lowest BCUT2D eigenvalue weighted by Crippen LogP contribution is -2.21. The highest BCUT2D eigenvalue weighted by atomic mass is 16.5. The molecule has 0 aliphatic rings. The molecule has 1 aromatic heterocycles. The highest BCUT2D eigenvalue weighted by molar-refractivity contribution is 5.19. The van der Waals surface area contributed by atoms with Crippen molar-refractivity contribution < 1.29 is 9.15 Å². The van der Waals surface area contributed by atoms with E-state index in [-0.39, 0.29) is 0 Å². The summed E-state index contributed by atoms with van der Waals surface area (Å²) in [4.78, 5) is 0. The SMILES string of the molecule is CC=CCOCc1cc(C)c(CNC(C)C)o1. The van der Waals surface area contributed by atoms with Gasteiger partial charge < -0.3 is 14.5 Å². The molecular formula is C14H23NO2. The van der Waals surface area contributed by atoms with Gasteiger partial charge in [-0.15, -0.1) is 0 Å². The fourth-order valence-electron chi connectivity index (χ4n) is 1.46. The smallest absolute Gasteiger partial charge is 0.130 e. The third-order valence-electron chi connectivity index (χ3n) is 2.44. The lowest BCUT2D eigenvalue weighted by atomic mass is 10.2. The molecule has 1 aromatic rings. The summed E-state index contributed by atoms with van der Waals surface area (Å²) in [6.07, 6.45) is 3.96. The normalized spacial score (nSPS) is 11.8. The van der Waals surface area contributed by atoms with Crippen molar-refractivity contribution in [1.82, 2.24) is 5.32 Å².